The van der Waals surface area contributed by atoms with Crippen LogP contribution in [0.1, 0.15) is 42.2 Å². The molecular formula is C17H26N2O3. The molecule has 5 heteroatoms. The van der Waals surface area contributed by atoms with Gasteiger partial charge in [0.1, 0.15) is 5.69 Å². The van der Waals surface area contributed by atoms with Crippen molar-refractivity contribution < 1.29 is 14.3 Å². The third-order valence-corrected chi connectivity index (χ3v) is 3.90. The molecule has 122 valence electrons. The molecule has 1 aromatic rings. The van der Waals surface area contributed by atoms with Crippen LogP contribution in [-0.4, -0.2) is 55.3 Å². The summed E-state index contributed by atoms with van der Waals surface area (Å²) in [6, 6.07) is 3.66. The van der Waals surface area contributed by atoms with Crippen LogP contribution in [-0.2, 0) is 15.9 Å². The van der Waals surface area contributed by atoms with Gasteiger partial charge in [-0.1, -0.05) is 13.0 Å². The number of hydrogen-bond donors (Lipinski definition) is 0. The molecule has 0 spiro atoms. The van der Waals surface area contributed by atoms with Crippen LogP contribution in [0.15, 0.2) is 18.3 Å². The smallest absolute Gasteiger partial charge is 0.356 e. The molecule has 0 aliphatic carbocycles. The van der Waals surface area contributed by atoms with Crippen LogP contribution in [0.25, 0.3) is 0 Å². The number of aromatic nitrogens is 1. The first-order chi connectivity index (χ1) is 10.8. The maximum Gasteiger partial charge on any atom is 0.356 e. The van der Waals surface area contributed by atoms with E-state index < -0.39 is 0 Å². The van der Waals surface area contributed by atoms with Gasteiger partial charge in [0.25, 0.3) is 0 Å². The molecule has 0 unspecified atom stereocenters. The van der Waals surface area contributed by atoms with E-state index in [-0.39, 0.29) is 5.97 Å². The van der Waals surface area contributed by atoms with E-state index in [0.29, 0.717) is 12.3 Å². The van der Waals surface area contributed by atoms with Gasteiger partial charge in [0.15, 0.2) is 0 Å². The molecule has 0 amide bonds. The molecule has 1 aliphatic rings. The number of ether oxygens (including phenoxy) is 2. The zero-order chi connectivity index (χ0) is 15.6. The average Bonchev–Trinajstić information content (AvgIpc) is 2.58. The van der Waals surface area contributed by atoms with Crippen molar-refractivity contribution in [1.29, 1.82) is 0 Å². The minimum atomic E-state index is -0.323. The van der Waals surface area contributed by atoms with Gasteiger partial charge in [-0.2, -0.15) is 0 Å². The summed E-state index contributed by atoms with van der Waals surface area (Å²) in [7, 11) is 0. The van der Waals surface area contributed by atoms with Gasteiger partial charge in [-0.05, 0) is 43.9 Å². The highest BCUT2D eigenvalue weighted by molar-refractivity contribution is 5.87. The van der Waals surface area contributed by atoms with E-state index in [1.807, 2.05) is 6.07 Å². The average molecular weight is 306 g/mol. The fourth-order valence-corrected chi connectivity index (χ4v) is 2.43. The lowest BCUT2D eigenvalue weighted by Gasteiger charge is -2.26. The Bertz CT molecular complexity index is 442. The topological polar surface area (TPSA) is 51.7 Å². The van der Waals surface area contributed by atoms with E-state index in [1.54, 1.807) is 12.3 Å². The van der Waals surface area contributed by atoms with Crippen LogP contribution < -0.4 is 0 Å². The van der Waals surface area contributed by atoms with Crippen molar-refractivity contribution in [2.45, 2.75) is 32.6 Å². The highest BCUT2D eigenvalue weighted by atomic mass is 16.5. The number of unbranched alkanes of at least 4 members (excludes halogenated alkanes) is 2. The first-order valence-electron chi connectivity index (χ1n) is 8.21. The van der Waals surface area contributed by atoms with E-state index >= 15 is 0 Å². The molecule has 1 saturated heterocycles. The van der Waals surface area contributed by atoms with E-state index in [1.165, 1.54) is 0 Å². The highest BCUT2D eigenvalue weighted by Gasteiger charge is 2.10. The summed E-state index contributed by atoms with van der Waals surface area (Å²) >= 11 is 0. The van der Waals surface area contributed by atoms with Crippen molar-refractivity contribution in [3.63, 3.8) is 0 Å². The van der Waals surface area contributed by atoms with E-state index in [2.05, 4.69) is 16.8 Å². The Morgan fingerprint density at radius 2 is 2.09 bits per heavy atom. The third-order valence-electron chi connectivity index (χ3n) is 3.90. The van der Waals surface area contributed by atoms with E-state index in [9.17, 15) is 4.79 Å². The molecule has 2 rings (SSSR count). The second-order valence-corrected chi connectivity index (χ2v) is 5.56. The Balaban J connectivity index is 1.54. The first-order valence-corrected chi connectivity index (χ1v) is 8.21. The molecule has 0 saturated carbocycles. The lowest BCUT2D eigenvalue weighted by molar-refractivity contribution is 0.0362. The van der Waals surface area contributed by atoms with Crippen LogP contribution >= 0.6 is 0 Å². The van der Waals surface area contributed by atoms with Gasteiger partial charge < -0.3 is 9.47 Å². The summed E-state index contributed by atoms with van der Waals surface area (Å²) in [6.07, 6.45) is 5.78. The molecule has 22 heavy (non-hydrogen) atoms. The number of aryl methyl sites for hydroxylation is 1. The molecule has 0 atom stereocenters. The number of rotatable bonds is 8. The first kappa shape index (κ1) is 16.9. The Morgan fingerprint density at radius 1 is 1.27 bits per heavy atom. The van der Waals surface area contributed by atoms with Gasteiger partial charge in [0.2, 0.25) is 0 Å². The second-order valence-electron chi connectivity index (χ2n) is 5.56. The lowest BCUT2D eigenvalue weighted by Crippen LogP contribution is -2.36. The lowest BCUT2D eigenvalue weighted by atomic mass is 10.2. The highest BCUT2D eigenvalue weighted by Crippen LogP contribution is 2.05. The Hall–Kier alpha value is -1.46. The van der Waals surface area contributed by atoms with Crippen molar-refractivity contribution in [2.24, 2.45) is 0 Å². The summed E-state index contributed by atoms with van der Waals surface area (Å²) in [4.78, 5) is 18.4. The standard InChI is InChI=1S/C17H26N2O3/c1-2-15-6-7-16(18-14-15)17(20)22-11-5-3-4-8-19-9-12-21-13-10-19/h6-7,14H,2-5,8-13H2,1H3. The molecule has 1 aromatic heterocycles. The quantitative estimate of drug-likeness (QED) is 0.545. The number of carbonyl (C=O) groups excluding carboxylic acids is 1. The summed E-state index contributed by atoms with van der Waals surface area (Å²) in [5.41, 5.74) is 1.52. The molecular weight excluding hydrogens is 280 g/mol. The zero-order valence-electron chi connectivity index (χ0n) is 13.4. The van der Waals surface area contributed by atoms with Gasteiger partial charge in [0.05, 0.1) is 19.8 Å². The number of esters is 1. The number of morpholine rings is 1. The summed E-state index contributed by atoms with van der Waals surface area (Å²) in [6.45, 7) is 7.41. The molecule has 1 fully saturated rings. The Kier molecular flexibility index (Phi) is 7.33. The zero-order valence-corrected chi connectivity index (χ0v) is 13.4. The van der Waals surface area contributed by atoms with Crippen LogP contribution in [0.4, 0.5) is 0 Å². The van der Waals surface area contributed by atoms with Crippen molar-refractivity contribution in [3.05, 3.63) is 29.6 Å². The molecule has 0 radical (unpaired) electrons. The largest absolute Gasteiger partial charge is 0.461 e. The Labute approximate surface area is 132 Å². The van der Waals surface area contributed by atoms with Gasteiger partial charge in [-0.25, -0.2) is 9.78 Å². The van der Waals surface area contributed by atoms with Gasteiger partial charge in [-0.3, -0.25) is 4.90 Å². The SMILES string of the molecule is CCc1ccc(C(=O)OCCCCCN2CCOCC2)nc1. The normalized spacial score (nSPS) is 15.7. The van der Waals surface area contributed by atoms with Crippen LogP contribution in [0, 0.1) is 0 Å². The molecule has 0 bridgehead atoms. The fourth-order valence-electron chi connectivity index (χ4n) is 2.43. The summed E-state index contributed by atoms with van der Waals surface area (Å²) in [5, 5.41) is 0. The maximum absolute atomic E-state index is 11.8. The van der Waals surface area contributed by atoms with Crippen molar-refractivity contribution in [3.8, 4) is 0 Å². The predicted molar refractivity (Wildman–Crippen MR) is 85.0 cm³/mol. The third kappa shape index (κ3) is 5.73. The maximum atomic E-state index is 11.8. The van der Waals surface area contributed by atoms with Crippen LogP contribution in [0.2, 0.25) is 0 Å². The molecule has 2 heterocycles. The van der Waals surface area contributed by atoms with Gasteiger partial charge >= 0.3 is 5.97 Å². The number of nitrogens with zero attached hydrogens (tertiary/aromatic N) is 2. The van der Waals surface area contributed by atoms with Crippen LogP contribution in [0.3, 0.4) is 0 Å². The molecule has 0 N–H and O–H groups in total. The van der Waals surface area contributed by atoms with Crippen molar-refractivity contribution in [1.82, 2.24) is 9.88 Å². The number of pyridine rings is 1. The summed E-state index contributed by atoms with van der Waals surface area (Å²) in [5.74, 6) is -0.323. The fraction of sp³-hybridized carbons (Fsp3) is 0.647. The predicted octanol–water partition coefficient (Wildman–Crippen LogP) is 2.30. The molecule has 0 aromatic carbocycles. The number of carbonyl (C=O) groups is 1. The van der Waals surface area contributed by atoms with Gasteiger partial charge in [0, 0.05) is 19.3 Å². The minimum absolute atomic E-state index is 0.323. The Morgan fingerprint density at radius 3 is 2.77 bits per heavy atom. The van der Waals surface area contributed by atoms with Gasteiger partial charge in [-0.15, -0.1) is 0 Å². The number of hydrogen-bond acceptors (Lipinski definition) is 5. The van der Waals surface area contributed by atoms with Crippen molar-refractivity contribution in [2.75, 3.05) is 39.5 Å². The molecule has 1 aliphatic heterocycles. The van der Waals surface area contributed by atoms with E-state index in [0.717, 1.165) is 64.1 Å². The molecule has 5 nitrogen and oxygen atoms in total. The van der Waals surface area contributed by atoms with E-state index in [4.69, 9.17) is 9.47 Å². The summed E-state index contributed by atoms with van der Waals surface area (Å²) < 4.78 is 10.6. The second kappa shape index (κ2) is 9.54. The minimum Gasteiger partial charge on any atom is -0.461 e. The van der Waals surface area contributed by atoms with Crippen LogP contribution in [0.5, 0.6) is 0 Å². The monoisotopic (exact) mass is 306 g/mol. The van der Waals surface area contributed by atoms with Crippen molar-refractivity contribution >= 4 is 5.97 Å².